The molecule has 0 atom stereocenters. The summed E-state index contributed by atoms with van der Waals surface area (Å²) in [6, 6.07) is 0. The van der Waals surface area contributed by atoms with Crippen LogP contribution in [0.15, 0.2) is 0 Å². The van der Waals surface area contributed by atoms with E-state index in [2.05, 4.69) is 24.3 Å². The van der Waals surface area contributed by atoms with Crippen molar-refractivity contribution >= 4 is 0 Å². The van der Waals surface area contributed by atoms with Crippen molar-refractivity contribution in [2.24, 2.45) is 7.05 Å². The van der Waals surface area contributed by atoms with Crippen LogP contribution in [-0.2, 0) is 18.9 Å². The normalized spacial score (nSPS) is 19.5. The van der Waals surface area contributed by atoms with Crippen molar-refractivity contribution < 1.29 is 0 Å². The van der Waals surface area contributed by atoms with E-state index in [-0.39, 0.29) is 5.41 Å². The second-order valence-corrected chi connectivity index (χ2v) is 5.11. The van der Waals surface area contributed by atoms with E-state index in [1.54, 1.807) is 0 Å². The third-order valence-electron chi connectivity index (χ3n) is 3.89. The first-order valence-electron chi connectivity index (χ1n) is 6.83. The van der Waals surface area contributed by atoms with Gasteiger partial charge in [-0.1, -0.05) is 20.3 Å². The molecule has 4 nitrogen and oxygen atoms in total. The van der Waals surface area contributed by atoms with Gasteiger partial charge < -0.3 is 5.32 Å². The summed E-state index contributed by atoms with van der Waals surface area (Å²) in [5, 5.41) is 7.97. The Kier molecular flexibility index (Phi) is 3.82. The summed E-state index contributed by atoms with van der Waals surface area (Å²) in [7, 11) is 2.04. The van der Waals surface area contributed by atoms with Gasteiger partial charge in [0.2, 0.25) is 0 Å². The summed E-state index contributed by atoms with van der Waals surface area (Å²) in [5.74, 6) is 2.19. The molecule has 2 heterocycles. The molecule has 1 aliphatic heterocycles. The molecule has 0 radical (unpaired) electrons. The van der Waals surface area contributed by atoms with Gasteiger partial charge in [0.05, 0.1) is 0 Å². The highest BCUT2D eigenvalue weighted by atomic mass is 15.3. The molecule has 2 rings (SSSR count). The van der Waals surface area contributed by atoms with Gasteiger partial charge in [0.15, 0.2) is 5.82 Å². The molecule has 0 aliphatic carbocycles. The topological polar surface area (TPSA) is 42.7 Å². The van der Waals surface area contributed by atoms with E-state index in [4.69, 9.17) is 4.98 Å². The Bertz CT molecular complexity index is 358. The van der Waals surface area contributed by atoms with Crippen molar-refractivity contribution in [3.05, 3.63) is 11.6 Å². The summed E-state index contributed by atoms with van der Waals surface area (Å²) in [6.45, 7) is 6.59. The number of nitrogens with zero attached hydrogens (tertiary/aromatic N) is 3. The largest absolute Gasteiger partial charge is 0.317 e. The fourth-order valence-electron chi connectivity index (χ4n) is 3.02. The van der Waals surface area contributed by atoms with Crippen molar-refractivity contribution in [3.63, 3.8) is 0 Å². The molecular formula is C13H24N4. The number of hydrogen-bond acceptors (Lipinski definition) is 3. The molecule has 4 heteroatoms. The van der Waals surface area contributed by atoms with Gasteiger partial charge in [0.1, 0.15) is 5.82 Å². The Morgan fingerprint density at radius 1 is 1.29 bits per heavy atom. The first kappa shape index (κ1) is 12.6. The van der Waals surface area contributed by atoms with Crippen LogP contribution in [0.4, 0.5) is 0 Å². The minimum absolute atomic E-state index is 0.259. The third kappa shape index (κ3) is 2.37. The number of rotatable bonds is 4. The summed E-state index contributed by atoms with van der Waals surface area (Å²) in [4.78, 5) is 4.77. The minimum Gasteiger partial charge on any atom is -0.317 e. The molecule has 17 heavy (non-hydrogen) atoms. The maximum atomic E-state index is 4.77. The molecule has 1 aliphatic rings. The van der Waals surface area contributed by atoms with Crippen LogP contribution in [0.3, 0.4) is 0 Å². The Labute approximate surface area is 104 Å². The Hall–Kier alpha value is -0.900. The SMILES string of the molecule is CCCC1(c2nc(CC)nn2C)CCNCC1. The van der Waals surface area contributed by atoms with Crippen molar-refractivity contribution in [3.8, 4) is 0 Å². The van der Waals surface area contributed by atoms with E-state index in [1.807, 2.05) is 11.7 Å². The van der Waals surface area contributed by atoms with Crippen LogP contribution in [-0.4, -0.2) is 27.9 Å². The molecule has 1 saturated heterocycles. The zero-order valence-electron chi connectivity index (χ0n) is 11.3. The smallest absolute Gasteiger partial charge is 0.150 e. The first-order valence-corrected chi connectivity index (χ1v) is 6.83. The van der Waals surface area contributed by atoms with Gasteiger partial charge >= 0.3 is 0 Å². The number of aryl methyl sites for hydroxylation is 2. The number of piperidine rings is 1. The monoisotopic (exact) mass is 236 g/mol. The van der Waals surface area contributed by atoms with Gasteiger partial charge in [-0.2, -0.15) is 5.10 Å². The van der Waals surface area contributed by atoms with Crippen LogP contribution in [0.2, 0.25) is 0 Å². The summed E-state index contributed by atoms with van der Waals surface area (Å²) >= 11 is 0. The van der Waals surface area contributed by atoms with E-state index in [9.17, 15) is 0 Å². The average molecular weight is 236 g/mol. The van der Waals surface area contributed by atoms with Crippen LogP contribution in [0.1, 0.15) is 51.2 Å². The lowest BCUT2D eigenvalue weighted by atomic mass is 9.74. The van der Waals surface area contributed by atoms with E-state index in [1.165, 1.54) is 31.5 Å². The lowest BCUT2D eigenvalue weighted by molar-refractivity contribution is 0.262. The molecule has 0 amide bonds. The van der Waals surface area contributed by atoms with Crippen LogP contribution >= 0.6 is 0 Å². The minimum atomic E-state index is 0.259. The van der Waals surface area contributed by atoms with Crippen LogP contribution in [0.5, 0.6) is 0 Å². The van der Waals surface area contributed by atoms with Gasteiger partial charge in [0.25, 0.3) is 0 Å². The Balaban J connectivity index is 2.33. The summed E-state index contributed by atoms with van der Waals surface area (Å²) in [6.07, 6.45) is 5.75. The van der Waals surface area contributed by atoms with Crippen molar-refractivity contribution in [1.29, 1.82) is 0 Å². The number of hydrogen-bond donors (Lipinski definition) is 1. The number of aromatic nitrogens is 3. The maximum absolute atomic E-state index is 4.77. The molecule has 0 saturated carbocycles. The highest BCUT2D eigenvalue weighted by Crippen LogP contribution is 2.36. The second kappa shape index (κ2) is 5.17. The predicted molar refractivity (Wildman–Crippen MR) is 69.1 cm³/mol. The predicted octanol–water partition coefficient (Wildman–Crippen LogP) is 1.80. The van der Waals surface area contributed by atoms with Gasteiger partial charge in [0, 0.05) is 18.9 Å². The lowest BCUT2D eigenvalue weighted by Gasteiger charge is -2.36. The Morgan fingerprint density at radius 3 is 2.53 bits per heavy atom. The van der Waals surface area contributed by atoms with Crippen molar-refractivity contribution in [2.45, 2.75) is 51.4 Å². The maximum Gasteiger partial charge on any atom is 0.150 e. The molecule has 1 N–H and O–H groups in total. The lowest BCUT2D eigenvalue weighted by Crippen LogP contribution is -2.41. The van der Waals surface area contributed by atoms with Crippen molar-refractivity contribution in [2.75, 3.05) is 13.1 Å². The molecule has 0 spiro atoms. The van der Waals surface area contributed by atoms with Gasteiger partial charge in [-0.15, -0.1) is 0 Å². The molecule has 1 fully saturated rings. The molecule has 0 bridgehead atoms. The highest BCUT2D eigenvalue weighted by Gasteiger charge is 2.37. The van der Waals surface area contributed by atoms with Gasteiger partial charge in [-0.25, -0.2) is 4.98 Å². The van der Waals surface area contributed by atoms with E-state index in [0.717, 1.165) is 25.3 Å². The van der Waals surface area contributed by atoms with E-state index >= 15 is 0 Å². The summed E-state index contributed by atoms with van der Waals surface area (Å²) in [5.41, 5.74) is 0.259. The van der Waals surface area contributed by atoms with Gasteiger partial charge in [-0.3, -0.25) is 4.68 Å². The van der Waals surface area contributed by atoms with E-state index < -0.39 is 0 Å². The molecular weight excluding hydrogens is 212 g/mol. The quantitative estimate of drug-likeness (QED) is 0.867. The van der Waals surface area contributed by atoms with Gasteiger partial charge in [-0.05, 0) is 32.4 Å². The van der Waals surface area contributed by atoms with E-state index in [0.29, 0.717) is 0 Å². The fourth-order valence-corrected chi connectivity index (χ4v) is 3.02. The Morgan fingerprint density at radius 2 is 2.00 bits per heavy atom. The molecule has 1 aromatic heterocycles. The average Bonchev–Trinajstić information content (AvgIpc) is 2.73. The summed E-state index contributed by atoms with van der Waals surface area (Å²) < 4.78 is 2.01. The number of nitrogens with one attached hydrogen (secondary N) is 1. The first-order chi connectivity index (χ1) is 8.22. The zero-order chi connectivity index (χ0) is 12.3. The van der Waals surface area contributed by atoms with Crippen molar-refractivity contribution in [1.82, 2.24) is 20.1 Å². The third-order valence-corrected chi connectivity index (χ3v) is 3.89. The zero-order valence-corrected chi connectivity index (χ0v) is 11.3. The molecule has 0 aromatic carbocycles. The highest BCUT2D eigenvalue weighted by molar-refractivity contribution is 5.12. The second-order valence-electron chi connectivity index (χ2n) is 5.11. The molecule has 0 unspecified atom stereocenters. The standard InChI is InChI=1S/C13H24N4/c1-4-6-13(7-9-14-10-8-13)12-15-11(5-2)16-17(12)3/h14H,4-10H2,1-3H3. The van der Waals surface area contributed by atoms with Crippen LogP contribution in [0.25, 0.3) is 0 Å². The molecule has 96 valence electrons. The fraction of sp³-hybridized carbons (Fsp3) is 0.846. The molecule has 1 aromatic rings. The van der Waals surface area contributed by atoms with Crippen LogP contribution < -0.4 is 5.32 Å². The van der Waals surface area contributed by atoms with Crippen LogP contribution in [0, 0.1) is 0 Å².